The van der Waals surface area contributed by atoms with Crippen molar-refractivity contribution in [1.82, 2.24) is 9.97 Å². The van der Waals surface area contributed by atoms with Crippen LogP contribution >= 0.6 is 0 Å². The van der Waals surface area contributed by atoms with E-state index in [2.05, 4.69) is 9.97 Å². The van der Waals surface area contributed by atoms with E-state index in [1.807, 2.05) is 60.7 Å². The molecule has 0 atom stereocenters. The van der Waals surface area contributed by atoms with Gasteiger partial charge in [0, 0.05) is 48.9 Å². The van der Waals surface area contributed by atoms with Crippen LogP contribution in [0.4, 0.5) is 0 Å². The number of oxazole rings is 2. The maximum Gasteiger partial charge on any atom is 0.231 e. The number of phenolic OH excluding ortho intramolecular Hbond substituents is 2. The maximum absolute atomic E-state index is 9.69. The van der Waals surface area contributed by atoms with Gasteiger partial charge in [0.15, 0.2) is 11.2 Å². The van der Waals surface area contributed by atoms with Crippen molar-refractivity contribution in [3.8, 4) is 34.4 Å². The van der Waals surface area contributed by atoms with Gasteiger partial charge in [-0.15, -0.1) is 0 Å². The van der Waals surface area contributed by atoms with E-state index in [0.29, 0.717) is 22.9 Å². The van der Waals surface area contributed by atoms with Crippen molar-refractivity contribution in [2.45, 2.75) is 0 Å². The number of aromatic hydroxyl groups is 2. The molecule has 0 aliphatic carbocycles. The van der Waals surface area contributed by atoms with Gasteiger partial charge in [0.25, 0.3) is 0 Å². The second kappa shape index (κ2) is 10.3. The molecule has 33 heavy (non-hydrogen) atoms. The van der Waals surface area contributed by atoms with E-state index < -0.39 is 0 Å². The predicted octanol–water partition coefficient (Wildman–Crippen LogP) is 6.02. The van der Waals surface area contributed by atoms with Crippen molar-refractivity contribution < 1.29 is 19.0 Å². The van der Waals surface area contributed by atoms with Gasteiger partial charge in [-0.2, -0.15) is 0 Å². The fourth-order valence-electron chi connectivity index (χ4n) is 3.28. The van der Waals surface area contributed by atoms with E-state index in [1.165, 1.54) is 0 Å². The largest absolute Gasteiger partial charge is 0.507 e. The number of fused-ring (bicyclic) bond motifs is 2. The molecule has 7 heteroatoms. The molecule has 2 radical (unpaired) electrons. The third-order valence-corrected chi connectivity index (χ3v) is 4.86. The van der Waals surface area contributed by atoms with Crippen LogP contribution in [-0.4, -0.2) is 69.1 Å². The Labute approximate surface area is 229 Å². The second-order valence-electron chi connectivity index (χ2n) is 7.01. The van der Waals surface area contributed by atoms with Gasteiger partial charge < -0.3 is 19.0 Å². The van der Waals surface area contributed by atoms with Crippen molar-refractivity contribution >= 4 is 71.1 Å². The zero-order valence-corrected chi connectivity index (χ0v) is 22.0. The summed E-state index contributed by atoms with van der Waals surface area (Å²) in [6, 6.07) is 29.0. The summed E-state index contributed by atoms with van der Waals surface area (Å²) in [5, 5.41) is 19.4. The van der Waals surface area contributed by atoms with Gasteiger partial charge >= 0.3 is 0 Å². The zero-order chi connectivity index (χ0) is 21.9. The Balaban J connectivity index is 0.000000152. The van der Waals surface area contributed by atoms with Gasteiger partial charge in [-0.05, 0) is 48.5 Å². The first-order valence-corrected chi connectivity index (χ1v) is 9.97. The molecule has 6 rings (SSSR count). The van der Waals surface area contributed by atoms with Crippen LogP contribution in [0.15, 0.2) is 106 Å². The summed E-state index contributed by atoms with van der Waals surface area (Å²) in [6.07, 6.45) is 0. The third-order valence-electron chi connectivity index (χ3n) is 4.86. The smallest absolute Gasteiger partial charge is 0.231 e. The molecule has 6 aromatic rings. The number of hydrogen-bond acceptors (Lipinski definition) is 6. The Kier molecular flexibility index (Phi) is 7.22. The van der Waals surface area contributed by atoms with Crippen molar-refractivity contribution in [2.75, 3.05) is 0 Å². The monoisotopic (exact) mass is 560 g/mol. The van der Waals surface area contributed by atoms with Gasteiger partial charge in [0.05, 0.1) is 11.1 Å². The van der Waals surface area contributed by atoms with Crippen LogP contribution in [0.5, 0.6) is 11.5 Å². The van der Waals surface area contributed by atoms with E-state index in [9.17, 15) is 10.2 Å². The maximum atomic E-state index is 9.69. The predicted molar refractivity (Wildman–Crippen MR) is 128 cm³/mol. The molecule has 0 spiro atoms. The third kappa shape index (κ3) is 5.00. The van der Waals surface area contributed by atoms with Crippen LogP contribution in [0.25, 0.3) is 45.1 Å². The summed E-state index contributed by atoms with van der Waals surface area (Å²) in [5.41, 5.74) is 4.25. The topological polar surface area (TPSA) is 92.5 Å². The quantitative estimate of drug-likeness (QED) is 0.252. The van der Waals surface area contributed by atoms with Crippen LogP contribution in [0.2, 0.25) is 0 Å². The first-order valence-electron chi connectivity index (χ1n) is 9.97. The fourth-order valence-corrected chi connectivity index (χ4v) is 3.28. The molecule has 4 aromatic carbocycles. The molecule has 0 unspecified atom stereocenters. The summed E-state index contributed by atoms with van der Waals surface area (Å²) in [4.78, 5) is 8.63. The van der Waals surface area contributed by atoms with Crippen LogP contribution < -0.4 is 0 Å². The summed E-state index contributed by atoms with van der Waals surface area (Å²) < 4.78 is 11.1. The molecule has 0 aliphatic rings. The summed E-state index contributed by atoms with van der Waals surface area (Å²) in [7, 11) is 0. The summed E-state index contributed by atoms with van der Waals surface area (Å²) >= 11 is 0. The summed E-state index contributed by atoms with van der Waals surface area (Å²) in [6.45, 7) is 0. The number of rotatable bonds is 2. The van der Waals surface area contributed by atoms with Crippen LogP contribution in [0.1, 0.15) is 0 Å². The Hall–Kier alpha value is -3.01. The Morgan fingerprint density at radius 2 is 0.848 bits per heavy atom. The number of aromatic nitrogens is 2. The van der Waals surface area contributed by atoms with Crippen LogP contribution in [-0.2, 0) is 0 Å². The van der Waals surface area contributed by atoms with Crippen molar-refractivity contribution in [2.24, 2.45) is 0 Å². The van der Waals surface area contributed by atoms with Crippen LogP contribution in [0.3, 0.4) is 0 Å². The number of benzene rings is 4. The normalized spacial score (nSPS) is 10.4. The molecule has 2 N–H and O–H groups in total. The van der Waals surface area contributed by atoms with Gasteiger partial charge in [-0.1, -0.05) is 48.5 Å². The molecular weight excluding hydrogens is 542 g/mol. The molecule has 0 aliphatic heterocycles. The minimum Gasteiger partial charge on any atom is -0.507 e. The molecule has 2 aromatic heterocycles. The minimum atomic E-state index is 0. The average molecular weight is 560 g/mol. The molecule has 158 valence electrons. The second-order valence-corrected chi connectivity index (χ2v) is 7.01. The van der Waals surface area contributed by atoms with Gasteiger partial charge in [0.2, 0.25) is 11.8 Å². The molecule has 6 nitrogen and oxygen atoms in total. The first kappa shape index (κ1) is 23.2. The Morgan fingerprint density at radius 3 is 1.24 bits per heavy atom. The van der Waals surface area contributed by atoms with Crippen molar-refractivity contribution in [1.29, 1.82) is 0 Å². The first-order chi connectivity index (χ1) is 15.7. The van der Waals surface area contributed by atoms with Crippen molar-refractivity contribution in [3.05, 3.63) is 97.1 Å². The van der Waals surface area contributed by atoms with E-state index in [4.69, 9.17) is 8.83 Å². The van der Waals surface area contributed by atoms with E-state index in [-0.39, 0.29) is 60.4 Å². The fraction of sp³-hybridized carbons (Fsp3) is 0. The zero-order valence-electron chi connectivity index (χ0n) is 17.6. The standard InChI is InChI=1S/2C13H9NO2.Ba/c2*15-11-7-3-1-5-9(11)13-14-10-6-2-4-8-12(10)16-13;/h2*1-8,15H;. The van der Waals surface area contributed by atoms with E-state index >= 15 is 0 Å². The van der Waals surface area contributed by atoms with Crippen LogP contribution in [0, 0.1) is 0 Å². The number of nitrogens with zero attached hydrogens (tertiary/aromatic N) is 2. The molecule has 0 amide bonds. The number of phenols is 2. The molecule has 0 fully saturated rings. The molecule has 0 saturated heterocycles. The number of hydrogen-bond donors (Lipinski definition) is 2. The van der Waals surface area contributed by atoms with Gasteiger partial charge in [0.1, 0.15) is 22.5 Å². The molecular formula is C26H18BaN2O4. The molecule has 2 heterocycles. The Morgan fingerprint density at radius 1 is 0.485 bits per heavy atom. The van der Waals surface area contributed by atoms with Crippen molar-refractivity contribution in [3.63, 3.8) is 0 Å². The van der Waals surface area contributed by atoms with Gasteiger partial charge in [-0.25, -0.2) is 9.97 Å². The number of para-hydroxylation sites is 6. The SMILES string of the molecule is Oc1ccccc1-c1nc2ccccc2o1.Oc1ccccc1-c1nc2ccccc2o1.[Ba]. The minimum absolute atomic E-state index is 0. The van der Waals surface area contributed by atoms with E-state index in [0.717, 1.165) is 22.2 Å². The summed E-state index contributed by atoms with van der Waals surface area (Å²) in [5.74, 6) is 1.24. The average Bonchev–Trinajstić information content (AvgIpc) is 3.44. The molecule has 0 saturated carbocycles. The van der Waals surface area contributed by atoms with E-state index in [1.54, 1.807) is 36.4 Å². The van der Waals surface area contributed by atoms with Gasteiger partial charge in [-0.3, -0.25) is 0 Å². The molecule has 0 bridgehead atoms. The Bertz CT molecular complexity index is 1340.